The molecule has 1 saturated carbocycles. The summed E-state index contributed by atoms with van der Waals surface area (Å²) >= 11 is 0. The van der Waals surface area contributed by atoms with Crippen molar-refractivity contribution < 1.29 is 9.53 Å². The molecule has 1 aliphatic rings. The second-order valence-corrected chi connectivity index (χ2v) is 5.82. The molecule has 2 rings (SSSR count). The number of hydrogen-bond donors (Lipinski definition) is 2. The third-order valence-corrected chi connectivity index (χ3v) is 4.15. The first-order valence-electron chi connectivity index (χ1n) is 7.96. The van der Waals surface area contributed by atoms with Gasteiger partial charge in [-0.1, -0.05) is 6.92 Å². The number of ether oxygens (including phenoxy) is 1. The van der Waals surface area contributed by atoms with E-state index < -0.39 is 0 Å². The van der Waals surface area contributed by atoms with E-state index in [-0.39, 0.29) is 11.8 Å². The highest BCUT2D eigenvalue weighted by Gasteiger charge is 2.25. The van der Waals surface area contributed by atoms with Crippen molar-refractivity contribution >= 4 is 11.6 Å². The van der Waals surface area contributed by atoms with E-state index in [0.717, 1.165) is 56.7 Å². The van der Waals surface area contributed by atoms with Crippen LogP contribution in [-0.4, -0.2) is 19.1 Å². The molecule has 0 unspecified atom stereocenters. The van der Waals surface area contributed by atoms with Gasteiger partial charge in [0.15, 0.2) is 0 Å². The lowest BCUT2D eigenvalue weighted by Crippen LogP contribution is -2.29. The standard InChI is InChI=1S/C17H26N2O2/c1-2-11-21-16-9-7-15(8-10-16)19-17(20)14-5-3-13(12-18)4-6-14/h7-10,13-14H,2-6,11-12,18H2,1H3,(H,19,20). The highest BCUT2D eigenvalue weighted by atomic mass is 16.5. The Morgan fingerprint density at radius 3 is 2.48 bits per heavy atom. The molecule has 0 aliphatic heterocycles. The van der Waals surface area contributed by atoms with Gasteiger partial charge < -0.3 is 15.8 Å². The molecule has 1 aromatic rings. The average Bonchev–Trinajstić information content (AvgIpc) is 2.54. The fourth-order valence-corrected chi connectivity index (χ4v) is 2.76. The molecule has 1 aliphatic carbocycles. The van der Waals surface area contributed by atoms with Crippen LogP contribution in [0, 0.1) is 11.8 Å². The molecule has 0 spiro atoms. The molecule has 21 heavy (non-hydrogen) atoms. The molecule has 1 aromatic carbocycles. The Labute approximate surface area is 127 Å². The molecule has 4 heteroatoms. The van der Waals surface area contributed by atoms with Crippen LogP contribution in [-0.2, 0) is 4.79 Å². The fourth-order valence-electron chi connectivity index (χ4n) is 2.76. The summed E-state index contributed by atoms with van der Waals surface area (Å²) in [7, 11) is 0. The molecule has 116 valence electrons. The van der Waals surface area contributed by atoms with Crippen LogP contribution in [0.2, 0.25) is 0 Å². The lowest BCUT2D eigenvalue weighted by atomic mass is 9.81. The normalized spacial score (nSPS) is 21.8. The zero-order valence-electron chi connectivity index (χ0n) is 12.8. The quantitative estimate of drug-likeness (QED) is 0.845. The highest BCUT2D eigenvalue weighted by Crippen LogP contribution is 2.29. The lowest BCUT2D eigenvalue weighted by Gasteiger charge is -2.26. The van der Waals surface area contributed by atoms with Gasteiger partial charge >= 0.3 is 0 Å². The molecular weight excluding hydrogens is 264 g/mol. The van der Waals surface area contributed by atoms with Crippen LogP contribution in [0.1, 0.15) is 39.0 Å². The predicted molar refractivity (Wildman–Crippen MR) is 85.4 cm³/mol. The van der Waals surface area contributed by atoms with Crippen LogP contribution in [0.25, 0.3) is 0 Å². The van der Waals surface area contributed by atoms with Crippen molar-refractivity contribution in [2.45, 2.75) is 39.0 Å². The second-order valence-electron chi connectivity index (χ2n) is 5.82. The second kappa shape index (κ2) is 8.03. The van der Waals surface area contributed by atoms with Gasteiger partial charge in [0.2, 0.25) is 5.91 Å². The number of hydrogen-bond acceptors (Lipinski definition) is 3. The highest BCUT2D eigenvalue weighted by molar-refractivity contribution is 5.92. The molecule has 0 heterocycles. The number of anilines is 1. The van der Waals surface area contributed by atoms with E-state index in [1.807, 2.05) is 24.3 Å². The molecule has 0 radical (unpaired) electrons. The van der Waals surface area contributed by atoms with Crippen LogP contribution in [0.15, 0.2) is 24.3 Å². The molecule has 4 nitrogen and oxygen atoms in total. The maximum Gasteiger partial charge on any atom is 0.227 e. The van der Waals surface area contributed by atoms with Gasteiger partial charge in [-0.2, -0.15) is 0 Å². The van der Waals surface area contributed by atoms with Crippen molar-refractivity contribution in [2.75, 3.05) is 18.5 Å². The summed E-state index contributed by atoms with van der Waals surface area (Å²) in [5.41, 5.74) is 6.52. The molecule has 1 fully saturated rings. The number of rotatable bonds is 6. The Kier molecular flexibility index (Phi) is 6.05. The van der Waals surface area contributed by atoms with Crippen LogP contribution in [0.5, 0.6) is 5.75 Å². The van der Waals surface area contributed by atoms with Crippen molar-refractivity contribution in [1.82, 2.24) is 0 Å². The maximum absolute atomic E-state index is 12.2. The van der Waals surface area contributed by atoms with Crippen molar-refractivity contribution in [2.24, 2.45) is 17.6 Å². The Morgan fingerprint density at radius 1 is 1.24 bits per heavy atom. The third-order valence-electron chi connectivity index (χ3n) is 4.15. The van der Waals surface area contributed by atoms with Gasteiger partial charge in [-0.15, -0.1) is 0 Å². The molecule has 0 atom stereocenters. The first-order chi connectivity index (χ1) is 10.2. The van der Waals surface area contributed by atoms with E-state index in [4.69, 9.17) is 10.5 Å². The Morgan fingerprint density at radius 2 is 1.90 bits per heavy atom. The Hall–Kier alpha value is -1.55. The van der Waals surface area contributed by atoms with Gasteiger partial charge in [0.05, 0.1) is 6.61 Å². The summed E-state index contributed by atoms with van der Waals surface area (Å²) < 4.78 is 5.53. The van der Waals surface area contributed by atoms with Gasteiger partial charge in [0.25, 0.3) is 0 Å². The predicted octanol–water partition coefficient (Wildman–Crippen LogP) is 3.18. The summed E-state index contributed by atoms with van der Waals surface area (Å²) in [6, 6.07) is 7.59. The largest absolute Gasteiger partial charge is 0.494 e. The first-order valence-corrected chi connectivity index (χ1v) is 7.96. The van der Waals surface area contributed by atoms with E-state index >= 15 is 0 Å². The number of benzene rings is 1. The monoisotopic (exact) mass is 290 g/mol. The van der Waals surface area contributed by atoms with Gasteiger partial charge in [0, 0.05) is 11.6 Å². The van der Waals surface area contributed by atoms with Gasteiger partial charge in [-0.25, -0.2) is 0 Å². The van der Waals surface area contributed by atoms with Crippen molar-refractivity contribution in [3.63, 3.8) is 0 Å². The molecule has 0 bridgehead atoms. The maximum atomic E-state index is 12.2. The minimum atomic E-state index is 0.129. The van der Waals surface area contributed by atoms with Crippen LogP contribution in [0.4, 0.5) is 5.69 Å². The summed E-state index contributed by atoms with van der Waals surface area (Å²) in [5.74, 6) is 1.71. The zero-order valence-corrected chi connectivity index (χ0v) is 12.8. The minimum absolute atomic E-state index is 0.129. The molecule has 0 aromatic heterocycles. The van der Waals surface area contributed by atoms with E-state index in [1.54, 1.807) is 0 Å². The van der Waals surface area contributed by atoms with Crippen molar-refractivity contribution in [1.29, 1.82) is 0 Å². The summed E-state index contributed by atoms with van der Waals surface area (Å²) in [6.07, 6.45) is 5.03. The number of carbonyl (C=O) groups is 1. The van der Waals surface area contributed by atoms with Crippen molar-refractivity contribution in [3.8, 4) is 5.75 Å². The van der Waals surface area contributed by atoms with E-state index in [0.29, 0.717) is 5.92 Å². The lowest BCUT2D eigenvalue weighted by molar-refractivity contribution is -0.121. The zero-order chi connectivity index (χ0) is 15.1. The topological polar surface area (TPSA) is 64.3 Å². The van der Waals surface area contributed by atoms with Gasteiger partial charge in [-0.05, 0) is 68.8 Å². The number of nitrogens with one attached hydrogen (secondary N) is 1. The van der Waals surface area contributed by atoms with E-state index in [2.05, 4.69) is 12.2 Å². The van der Waals surface area contributed by atoms with Crippen molar-refractivity contribution in [3.05, 3.63) is 24.3 Å². The van der Waals surface area contributed by atoms with Crippen LogP contribution in [0.3, 0.4) is 0 Å². The fraction of sp³-hybridized carbons (Fsp3) is 0.588. The molecular formula is C17H26N2O2. The SMILES string of the molecule is CCCOc1ccc(NC(=O)C2CCC(CN)CC2)cc1. The molecule has 3 N–H and O–H groups in total. The number of amides is 1. The number of carbonyl (C=O) groups excluding carboxylic acids is 1. The Bertz CT molecular complexity index is 437. The van der Waals surface area contributed by atoms with Crippen LogP contribution < -0.4 is 15.8 Å². The smallest absolute Gasteiger partial charge is 0.227 e. The number of nitrogens with two attached hydrogens (primary N) is 1. The molecule has 0 saturated heterocycles. The summed E-state index contributed by atoms with van der Waals surface area (Å²) in [4.78, 5) is 12.2. The summed E-state index contributed by atoms with van der Waals surface area (Å²) in [5, 5.41) is 3.00. The third kappa shape index (κ3) is 4.74. The molecule has 1 amide bonds. The first kappa shape index (κ1) is 15.8. The van der Waals surface area contributed by atoms with Gasteiger partial charge in [0.1, 0.15) is 5.75 Å². The minimum Gasteiger partial charge on any atom is -0.494 e. The summed E-state index contributed by atoms with van der Waals surface area (Å²) in [6.45, 7) is 3.54. The Balaban J connectivity index is 1.82. The van der Waals surface area contributed by atoms with E-state index in [1.165, 1.54) is 0 Å². The van der Waals surface area contributed by atoms with Gasteiger partial charge in [-0.3, -0.25) is 4.79 Å². The van der Waals surface area contributed by atoms with Crippen LogP contribution >= 0.6 is 0 Å². The van der Waals surface area contributed by atoms with E-state index in [9.17, 15) is 4.79 Å². The average molecular weight is 290 g/mol.